The van der Waals surface area contributed by atoms with Gasteiger partial charge in [0.1, 0.15) is 0 Å². The maximum absolute atomic E-state index is 7.48. The molecule has 0 radical (unpaired) electrons. The molecule has 4 aromatic rings. The lowest BCUT2D eigenvalue weighted by molar-refractivity contribution is -0.455. The minimum atomic E-state index is -0.138. The van der Waals surface area contributed by atoms with Crippen LogP contribution in [0.1, 0.15) is 83.6 Å². The van der Waals surface area contributed by atoms with E-state index in [2.05, 4.69) is 191 Å². The van der Waals surface area contributed by atoms with Crippen LogP contribution in [0.4, 0.5) is 11.4 Å². The summed E-state index contributed by atoms with van der Waals surface area (Å²) in [6, 6.07) is 39.3. The Kier molecular flexibility index (Phi) is 9.35. The zero-order chi connectivity index (χ0) is 36.0. The van der Waals surface area contributed by atoms with Crippen molar-refractivity contribution in [1.29, 1.82) is 0 Å². The molecule has 2 nitrogen and oxygen atoms in total. The number of halogens is 1. The van der Waals surface area contributed by atoms with Gasteiger partial charge in [-0.3, -0.25) is 0 Å². The summed E-state index contributed by atoms with van der Waals surface area (Å²) in [4.78, 5) is 2.50. The van der Waals surface area contributed by atoms with E-state index in [4.69, 9.17) is 11.6 Å². The summed E-state index contributed by atoms with van der Waals surface area (Å²) in [7, 11) is 0. The van der Waals surface area contributed by atoms with Crippen molar-refractivity contribution >= 4 is 28.7 Å². The molecular formula is C48H52ClN2+. The molecule has 1 atom stereocenters. The Morgan fingerprint density at radius 1 is 0.706 bits per heavy atom. The molecule has 0 unspecified atom stereocenters. The number of nitrogens with zero attached hydrogens (tertiary/aromatic N) is 2. The average molecular weight is 692 g/mol. The van der Waals surface area contributed by atoms with Crippen LogP contribution in [0.3, 0.4) is 0 Å². The number of hydrogen-bond donors (Lipinski definition) is 0. The first-order valence-corrected chi connectivity index (χ1v) is 18.9. The highest BCUT2D eigenvalue weighted by molar-refractivity contribution is 6.32. The van der Waals surface area contributed by atoms with Gasteiger partial charge in [0.2, 0.25) is 5.69 Å². The van der Waals surface area contributed by atoms with Gasteiger partial charge >= 0.3 is 0 Å². The predicted octanol–water partition coefficient (Wildman–Crippen LogP) is 12.6. The van der Waals surface area contributed by atoms with Gasteiger partial charge in [0, 0.05) is 51.6 Å². The van der Waals surface area contributed by atoms with E-state index in [1.54, 1.807) is 0 Å². The lowest BCUT2D eigenvalue weighted by Crippen LogP contribution is -2.28. The van der Waals surface area contributed by atoms with Crippen LogP contribution < -0.4 is 4.90 Å². The molecule has 3 aliphatic rings. The van der Waals surface area contributed by atoms with Gasteiger partial charge in [-0.05, 0) is 72.4 Å². The van der Waals surface area contributed by atoms with E-state index in [9.17, 15) is 0 Å². The summed E-state index contributed by atoms with van der Waals surface area (Å²) >= 11 is 7.48. The Hall–Kier alpha value is -4.40. The van der Waals surface area contributed by atoms with Crippen LogP contribution in [0.5, 0.6) is 0 Å². The van der Waals surface area contributed by atoms with Crippen LogP contribution in [0, 0.1) is 11.3 Å². The quantitative estimate of drug-likeness (QED) is 0.175. The van der Waals surface area contributed by atoms with Gasteiger partial charge in [-0.1, -0.05) is 155 Å². The second kappa shape index (κ2) is 13.6. The largest absolute Gasteiger partial charge is 0.340 e. The maximum atomic E-state index is 7.48. The SMILES string of the molecule is CC1(C)C(/C=C/C2=C(Cl)C(=C/C=C3/N(Cc4ccccc4)c4ccccc4C3(C)C)/C[C@H](C(C)(C)C)C2)=[N+](Cc2ccccc2)c2ccccc21. The third kappa shape index (κ3) is 6.72. The number of hydrogen-bond acceptors (Lipinski definition) is 1. The molecule has 0 saturated heterocycles. The Morgan fingerprint density at radius 3 is 2.00 bits per heavy atom. The Balaban J connectivity index is 1.30. The average Bonchev–Trinajstić information content (AvgIpc) is 3.46. The number of para-hydroxylation sites is 2. The van der Waals surface area contributed by atoms with Gasteiger partial charge < -0.3 is 4.90 Å². The first-order chi connectivity index (χ1) is 24.4. The molecule has 7 rings (SSSR count). The van der Waals surface area contributed by atoms with Crippen molar-refractivity contribution in [3.8, 4) is 0 Å². The number of benzene rings is 4. The van der Waals surface area contributed by atoms with Crippen LogP contribution in [0.15, 0.2) is 155 Å². The molecule has 0 amide bonds. The van der Waals surface area contributed by atoms with E-state index < -0.39 is 0 Å². The molecule has 260 valence electrons. The van der Waals surface area contributed by atoms with Crippen LogP contribution in [0.2, 0.25) is 0 Å². The molecule has 0 N–H and O–H groups in total. The molecule has 0 bridgehead atoms. The zero-order valence-corrected chi connectivity index (χ0v) is 32.1. The lowest BCUT2D eigenvalue weighted by atomic mass is 9.70. The van der Waals surface area contributed by atoms with E-state index in [0.29, 0.717) is 5.92 Å². The monoisotopic (exact) mass is 691 g/mol. The molecule has 4 aromatic carbocycles. The highest BCUT2D eigenvalue weighted by Crippen LogP contribution is 2.49. The number of fused-ring (bicyclic) bond motifs is 2. The molecule has 0 fully saturated rings. The van der Waals surface area contributed by atoms with Crippen LogP contribution in [-0.4, -0.2) is 10.3 Å². The number of rotatable bonds is 7. The van der Waals surface area contributed by atoms with Crippen LogP contribution in [-0.2, 0) is 23.9 Å². The molecule has 0 spiro atoms. The molecular weight excluding hydrogens is 640 g/mol. The van der Waals surface area contributed by atoms with E-state index >= 15 is 0 Å². The minimum Gasteiger partial charge on any atom is -0.340 e. The van der Waals surface area contributed by atoms with Crippen LogP contribution in [0.25, 0.3) is 0 Å². The first kappa shape index (κ1) is 35.0. The third-order valence-electron chi connectivity index (χ3n) is 11.6. The fourth-order valence-corrected chi connectivity index (χ4v) is 8.68. The maximum Gasteiger partial charge on any atom is 0.210 e. The Bertz CT molecular complexity index is 2080. The van der Waals surface area contributed by atoms with E-state index in [0.717, 1.165) is 31.0 Å². The molecule has 3 heteroatoms. The van der Waals surface area contributed by atoms with Crippen molar-refractivity contribution in [2.24, 2.45) is 11.3 Å². The van der Waals surface area contributed by atoms with Crippen molar-refractivity contribution in [1.82, 2.24) is 0 Å². The molecule has 1 aliphatic carbocycles. The normalized spacial score (nSPS) is 21.3. The van der Waals surface area contributed by atoms with Gasteiger partial charge in [0.05, 0.1) is 5.41 Å². The van der Waals surface area contributed by atoms with Gasteiger partial charge in [-0.15, -0.1) is 0 Å². The third-order valence-corrected chi connectivity index (χ3v) is 12.1. The van der Waals surface area contributed by atoms with E-state index in [1.807, 2.05) is 0 Å². The summed E-state index contributed by atoms with van der Waals surface area (Å²) in [6.45, 7) is 18.2. The summed E-state index contributed by atoms with van der Waals surface area (Å²) in [5.41, 5.74) is 12.8. The Labute approximate surface area is 311 Å². The summed E-state index contributed by atoms with van der Waals surface area (Å²) < 4.78 is 2.50. The van der Waals surface area contributed by atoms with Crippen molar-refractivity contribution in [3.05, 3.63) is 178 Å². The lowest BCUT2D eigenvalue weighted by Gasteiger charge is -2.36. The highest BCUT2D eigenvalue weighted by Gasteiger charge is 2.44. The van der Waals surface area contributed by atoms with Gasteiger partial charge in [0.15, 0.2) is 12.3 Å². The molecule has 2 heterocycles. The fourth-order valence-electron chi connectivity index (χ4n) is 8.40. The van der Waals surface area contributed by atoms with Gasteiger partial charge in [0.25, 0.3) is 0 Å². The minimum absolute atomic E-state index is 0.138. The van der Waals surface area contributed by atoms with E-state index in [-0.39, 0.29) is 16.2 Å². The van der Waals surface area contributed by atoms with Gasteiger partial charge in [-0.25, -0.2) is 0 Å². The number of anilines is 1. The first-order valence-electron chi connectivity index (χ1n) is 18.5. The molecule has 51 heavy (non-hydrogen) atoms. The zero-order valence-electron chi connectivity index (χ0n) is 31.4. The summed E-state index contributed by atoms with van der Waals surface area (Å²) in [5.74, 6) is 0.470. The standard InChI is InChI=1S/C48H52ClN2/c1-46(2,3)38-30-36(26-28-43-47(4,5)39-22-14-16-24-41(39)50(43)32-34-18-10-8-11-19-34)45(49)37(31-38)27-29-44-48(6,7)40-23-15-17-25-42(40)51(44)33-35-20-12-9-13-21-35/h8-29,38H,30-33H2,1-7H3/q+1. The van der Waals surface area contributed by atoms with Crippen molar-refractivity contribution in [2.75, 3.05) is 4.90 Å². The van der Waals surface area contributed by atoms with E-state index in [1.165, 1.54) is 56.2 Å². The summed E-state index contributed by atoms with van der Waals surface area (Å²) in [5, 5.41) is 0.898. The predicted molar refractivity (Wildman–Crippen MR) is 217 cm³/mol. The molecule has 0 aromatic heterocycles. The fraction of sp³-hybridized carbons (Fsp3) is 0.312. The molecule has 0 saturated carbocycles. The van der Waals surface area contributed by atoms with Crippen LogP contribution >= 0.6 is 11.6 Å². The smallest absolute Gasteiger partial charge is 0.210 e. The highest BCUT2D eigenvalue weighted by atomic mass is 35.5. The Morgan fingerprint density at radius 2 is 1.31 bits per heavy atom. The summed E-state index contributed by atoms with van der Waals surface area (Å²) in [6.07, 6.45) is 11.3. The topological polar surface area (TPSA) is 6.25 Å². The van der Waals surface area contributed by atoms with Crippen molar-refractivity contribution < 1.29 is 4.58 Å². The van der Waals surface area contributed by atoms with Crippen molar-refractivity contribution in [3.63, 3.8) is 0 Å². The number of allylic oxidation sites excluding steroid dienone is 8. The van der Waals surface area contributed by atoms with Gasteiger partial charge in [-0.2, -0.15) is 4.58 Å². The van der Waals surface area contributed by atoms with Crippen molar-refractivity contribution in [2.45, 2.75) is 85.2 Å². The second-order valence-corrected chi connectivity index (χ2v) is 17.1. The second-order valence-electron chi connectivity index (χ2n) is 16.7. The molecule has 2 aliphatic heterocycles.